The van der Waals surface area contributed by atoms with E-state index < -0.39 is 15.9 Å². The minimum Gasteiger partial charge on any atom is -0.495 e. The molecule has 2 aromatic carbocycles. The predicted octanol–water partition coefficient (Wildman–Crippen LogP) is 4.93. The average Bonchev–Trinajstić information content (AvgIpc) is 2.75. The number of nitrogens with one attached hydrogen (secondary N) is 1. The molecule has 2 aromatic rings. The molecule has 1 N–H and O–H groups in total. The fourth-order valence-electron chi connectivity index (χ4n) is 3.95. The molecule has 8 heteroatoms. The molecule has 168 valence electrons. The van der Waals surface area contributed by atoms with Crippen molar-refractivity contribution in [1.82, 2.24) is 4.31 Å². The Labute approximate surface area is 189 Å². The van der Waals surface area contributed by atoms with Crippen molar-refractivity contribution in [2.75, 3.05) is 19.0 Å². The van der Waals surface area contributed by atoms with Crippen molar-refractivity contribution in [3.63, 3.8) is 0 Å². The lowest BCUT2D eigenvalue weighted by atomic mass is 9.95. The molecule has 0 spiro atoms. The molecule has 0 aliphatic heterocycles. The molecule has 0 atom stereocenters. The second-order valence-electron chi connectivity index (χ2n) is 8.00. The van der Waals surface area contributed by atoms with E-state index in [0.29, 0.717) is 10.7 Å². The number of benzene rings is 2. The van der Waals surface area contributed by atoms with Gasteiger partial charge in [0.1, 0.15) is 10.6 Å². The molecular weight excluding hydrogens is 436 g/mol. The summed E-state index contributed by atoms with van der Waals surface area (Å²) in [7, 11) is -2.50. The predicted molar refractivity (Wildman–Crippen MR) is 123 cm³/mol. The number of sulfonamides is 1. The van der Waals surface area contributed by atoms with E-state index >= 15 is 0 Å². The second kappa shape index (κ2) is 10.0. The van der Waals surface area contributed by atoms with Gasteiger partial charge in [-0.1, -0.05) is 43.0 Å². The molecule has 1 aliphatic rings. The maximum absolute atomic E-state index is 13.7. The summed E-state index contributed by atoms with van der Waals surface area (Å²) in [5.41, 5.74) is 2.23. The summed E-state index contributed by atoms with van der Waals surface area (Å²) in [5.74, 6) is -0.122. The van der Waals surface area contributed by atoms with Crippen LogP contribution < -0.4 is 10.1 Å². The fourth-order valence-corrected chi connectivity index (χ4v) is 6.01. The lowest BCUT2D eigenvalue weighted by Crippen LogP contribution is -2.45. The molecule has 1 aliphatic carbocycles. The standard InChI is InChI=1S/C23H29ClN2O4S/c1-16-9-12-21(30-3)22(13-16)31(28,29)26(19-7-5-4-6-8-19)15-23(27)25-20-14-18(24)11-10-17(20)2/h9-14,19H,4-8,15H2,1-3H3,(H,25,27). The SMILES string of the molecule is COc1ccc(C)cc1S(=O)(=O)N(CC(=O)Nc1cc(Cl)ccc1C)C1CCCCC1. The van der Waals surface area contributed by atoms with Crippen molar-refractivity contribution in [3.05, 3.63) is 52.5 Å². The van der Waals surface area contributed by atoms with Crippen molar-refractivity contribution in [1.29, 1.82) is 0 Å². The summed E-state index contributed by atoms with van der Waals surface area (Å²) >= 11 is 6.06. The Morgan fingerprint density at radius 2 is 1.84 bits per heavy atom. The molecule has 0 heterocycles. The van der Waals surface area contributed by atoms with Gasteiger partial charge in [0.2, 0.25) is 15.9 Å². The van der Waals surface area contributed by atoms with Gasteiger partial charge in [0, 0.05) is 16.8 Å². The van der Waals surface area contributed by atoms with Crippen LogP contribution in [0.1, 0.15) is 43.2 Å². The van der Waals surface area contributed by atoms with Crippen molar-refractivity contribution < 1.29 is 17.9 Å². The zero-order chi connectivity index (χ0) is 22.6. The Balaban J connectivity index is 1.94. The first-order valence-corrected chi connectivity index (χ1v) is 12.3. The van der Waals surface area contributed by atoms with Crippen LogP contribution in [0.3, 0.4) is 0 Å². The zero-order valence-electron chi connectivity index (χ0n) is 18.2. The van der Waals surface area contributed by atoms with E-state index in [1.807, 2.05) is 19.9 Å². The minimum atomic E-state index is -3.95. The number of nitrogens with zero attached hydrogens (tertiary/aromatic N) is 1. The van der Waals surface area contributed by atoms with Crippen molar-refractivity contribution >= 4 is 33.2 Å². The van der Waals surface area contributed by atoms with Crippen LogP contribution in [0.2, 0.25) is 5.02 Å². The molecule has 1 fully saturated rings. The summed E-state index contributed by atoms with van der Waals surface area (Å²) in [6.45, 7) is 3.42. The molecule has 0 radical (unpaired) electrons. The summed E-state index contributed by atoms with van der Waals surface area (Å²) in [5, 5.41) is 3.33. The number of aryl methyl sites for hydroxylation is 2. The number of ether oxygens (including phenoxy) is 1. The first kappa shape index (κ1) is 23.6. The van der Waals surface area contributed by atoms with Gasteiger partial charge in [-0.3, -0.25) is 4.79 Å². The van der Waals surface area contributed by atoms with Gasteiger partial charge in [-0.15, -0.1) is 0 Å². The molecule has 0 unspecified atom stereocenters. The highest BCUT2D eigenvalue weighted by Crippen LogP contribution is 2.32. The van der Waals surface area contributed by atoms with E-state index in [9.17, 15) is 13.2 Å². The first-order valence-electron chi connectivity index (χ1n) is 10.4. The molecule has 3 rings (SSSR count). The third-order valence-electron chi connectivity index (χ3n) is 5.66. The number of carbonyl (C=O) groups is 1. The summed E-state index contributed by atoms with van der Waals surface area (Å²) in [6, 6.07) is 10.0. The Bertz CT molecular complexity index is 1050. The highest BCUT2D eigenvalue weighted by molar-refractivity contribution is 7.89. The summed E-state index contributed by atoms with van der Waals surface area (Å²) in [4.78, 5) is 13.0. The van der Waals surface area contributed by atoms with Crippen molar-refractivity contribution in [3.8, 4) is 5.75 Å². The lowest BCUT2D eigenvalue weighted by molar-refractivity contribution is -0.116. The summed E-state index contributed by atoms with van der Waals surface area (Å²) in [6.07, 6.45) is 4.42. The van der Waals surface area contributed by atoms with Gasteiger partial charge >= 0.3 is 0 Å². The normalized spacial score (nSPS) is 15.1. The van der Waals surface area contributed by atoms with Crippen LogP contribution in [0.15, 0.2) is 41.3 Å². The number of hydrogen-bond acceptors (Lipinski definition) is 4. The van der Waals surface area contributed by atoms with Gasteiger partial charge in [0.15, 0.2) is 0 Å². The van der Waals surface area contributed by atoms with Crippen molar-refractivity contribution in [2.45, 2.75) is 56.9 Å². The Kier molecular flexibility index (Phi) is 7.62. The maximum Gasteiger partial charge on any atom is 0.247 e. The molecule has 31 heavy (non-hydrogen) atoms. The number of rotatable bonds is 7. The van der Waals surface area contributed by atoms with Crippen LogP contribution in [0.4, 0.5) is 5.69 Å². The van der Waals surface area contributed by atoms with Gasteiger partial charge in [-0.05, 0) is 62.1 Å². The number of carbonyl (C=O) groups excluding carboxylic acids is 1. The minimum absolute atomic E-state index is 0.0901. The molecule has 0 saturated heterocycles. The Morgan fingerprint density at radius 1 is 1.13 bits per heavy atom. The highest BCUT2D eigenvalue weighted by atomic mass is 35.5. The third-order valence-corrected chi connectivity index (χ3v) is 7.82. The van der Waals surface area contributed by atoms with Crippen LogP contribution in [0.25, 0.3) is 0 Å². The van der Waals surface area contributed by atoms with Crippen LogP contribution >= 0.6 is 11.6 Å². The maximum atomic E-state index is 13.7. The summed E-state index contributed by atoms with van der Waals surface area (Å²) < 4.78 is 34.1. The zero-order valence-corrected chi connectivity index (χ0v) is 19.7. The van der Waals surface area contributed by atoms with E-state index in [4.69, 9.17) is 16.3 Å². The van der Waals surface area contributed by atoms with Gasteiger partial charge in [-0.2, -0.15) is 4.31 Å². The van der Waals surface area contributed by atoms with Crippen molar-refractivity contribution in [2.24, 2.45) is 0 Å². The topological polar surface area (TPSA) is 75.7 Å². The number of anilines is 1. The van der Waals surface area contributed by atoms with Crippen LogP contribution in [-0.2, 0) is 14.8 Å². The average molecular weight is 465 g/mol. The molecule has 0 aromatic heterocycles. The van der Waals surface area contributed by atoms with Gasteiger partial charge in [-0.25, -0.2) is 8.42 Å². The third kappa shape index (κ3) is 5.59. The van der Waals surface area contributed by atoms with Gasteiger partial charge in [0.25, 0.3) is 0 Å². The second-order valence-corrected chi connectivity index (χ2v) is 10.3. The van der Waals surface area contributed by atoms with E-state index in [2.05, 4.69) is 5.32 Å². The van der Waals surface area contributed by atoms with Crippen LogP contribution in [-0.4, -0.2) is 38.3 Å². The van der Waals surface area contributed by atoms with Gasteiger partial charge < -0.3 is 10.1 Å². The van der Waals surface area contributed by atoms with Crippen LogP contribution in [0, 0.1) is 13.8 Å². The molecule has 6 nitrogen and oxygen atoms in total. The fraction of sp³-hybridized carbons (Fsp3) is 0.435. The number of halogens is 1. The molecule has 1 amide bonds. The van der Waals surface area contributed by atoms with Gasteiger partial charge in [0.05, 0.1) is 13.7 Å². The molecule has 1 saturated carbocycles. The smallest absolute Gasteiger partial charge is 0.247 e. The van der Waals surface area contributed by atoms with E-state index in [-0.39, 0.29) is 23.2 Å². The lowest BCUT2D eigenvalue weighted by Gasteiger charge is -2.33. The number of hydrogen-bond donors (Lipinski definition) is 1. The quantitative estimate of drug-likeness (QED) is 0.630. The monoisotopic (exact) mass is 464 g/mol. The molecule has 0 bridgehead atoms. The largest absolute Gasteiger partial charge is 0.495 e. The first-order chi connectivity index (χ1) is 14.7. The van der Waals surface area contributed by atoms with E-state index in [1.165, 1.54) is 11.4 Å². The van der Waals surface area contributed by atoms with Crippen LogP contribution in [0.5, 0.6) is 5.75 Å². The Hall–Kier alpha value is -2.09. The Morgan fingerprint density at radius 3 is 2.52 bits per heavy atom. The highest BCUT2D eigenvalue weighted by Gasteiger charge is 2.35. The van der Waals surface area contributed by atoms with E-state index in [0.717, 1.165) is 43.2 Å². The number of methoxy groups -OCH3 is 1. The number of amides is 1. The molecular formula is C23H29ClN2O4S. The van der Waals surface area contributed by atoms with E-state index in [1.54, 1.807) is 30.3 Å².